The van der Waals surface area contributed by atoms with E-state index in [0.717, 1.165) is 0 Å². The monoisotopic (exact) mass is 267 g/mol. The number of β-amino-alcohol motifs (C(OH)–C–C–N with tert-alkyl or cyclic N) is 1. The van der Waals surface area contributed by atoms with Crippen LogP contribution in [0.25, 0.3) is 0 Å². The molecular weight excluding hydrogens is 249 g/mol. The summed E-state index contributed by atoms with van der Waals surface area (Å²) in [6.07, 6.45) is -0.0175. The van der Waals surface area contributed by atoms with Gasteiger partial charge in [0.2, 0.25) is 0 Å². The van der Waals surface area contributed by atoms with Crippen LogP contribution in [-0.2, 0) is 4.79 Å². The Morgan fingerprint density at radius 3 is 2.58 bits per heavy atom. The molecule has 104 valence electrons. The Kier molecular flexibility index (Phi) is 3.75. The predicted octanol–water partition coefficient (Wildman–Crippen LogP) is 1.58. The Labute approximate surface area is 111 Å². The quantitative estimate of drug-likeness (QED) is 0.901. The van der Waals surface area contributed by atoms with Crippen molar-refractivity contribution in [2.24, 2.45) is 0 Å². The molecule has 0 bridgehead atoms. The van der Waals surface area contributed by atoms with Crippen LogP contribution in [0.1, 0.15) is 20.3 Å². The Bertz CT molecular complexity index is 454. The van der Waals surface area contributed by atoms with Gasteiger partial charge in [-0.2, -0.15) is 0 Å². The van der Waals surface area contributed by atoms with E-state index in [1.54, 1.807) is 11.8 Å². The molecule has 0 spiro atoms. The van der Waals surface area contributed by atoms with Crippen molar-refractivity contribution in [3.63, 3.8) is 0 Å². The highest BCUT2D eigenvalue weighted by Crippen LogP contribution is 2.25. The number of nitrogens with zero attached hydrogens (tertiary/aromatic N) is 1. The molecule has 0 saturated carbocycles. The molecule has 1 aliphatic rings. The Hall–Kier alpha value is -1.62. The zero-order chi connectivity index (χ0) is 14.0. The van der Waals surface area contributed by atoms with Crippen LogP contribution >= 0.6 is 0 Å². The van der Waals surface area contributed by atoms with E-state index < -0.39 is 11.7 Å². The third-order valence-corrected chi connectivity index (χ3v) is 3.41. The summed E-state index contributed by atoms with van der Waals surface area (Å²) in [7, 11) is 0. The average molecular weight is 267 g/mol. The lowest BCUT2D eigenvalue weighted by molar-refractivity contribution is -0.162. The minimum Gasteiger partial charge on any atom is -0.481 e. The summed E-state index contributed by atoms with van der Waals surface area (Å²) in [5.41, 5.74) is -0.745. The predicted molar refractivity (Wildman–Crippen MR) is 68.3 cm³/mol. The number of hydrogen-bond donors (Lipinski definition) is 1. The highest BCUT2D eigenvalue weighted by atomic mass is 19.1. The number of hydrogen-bond acceptors (Lipinski definition) is 3. The fraction of sp³-hybridized carbons (Fsp3) is 0.500. The van der Waals surface area contributed by atoms with Crippen LogP contribution in [0.3, 0.4) is 0 Å². The van der Waals surface area contributed by atoms with Crippen molar-refractivity contribution < 1.29 is 19.0 Å². The van der Waals surface area contributed by atoms with Gasteiger partial charge in [0.25, 0.3) is 5.91 Å². The summed E-state index contributed by atoms with van der Waals surface area (Å²) in [6.45, 7) is 4.23. The maximum absolute atomic E-state index is 12.7. The third kappa shape index (κ3) is 3.04. The fourth-order valence-corrected chi connectivity index (χ4v) is 2.07. The number of rotatable bonds is 4. The molecule has 19 heavy (non-hydrogen) atoms. The van der Waals surface area contributed by atoms with Gasteiger partial charge in [-0.1, -0.05) is 6.92 Å². The zero-order valence-corrected chi connectivity index (χ0v) is 11.1. The minimum absolute atomic E-state index is 0.164. The second kappa shape index (κ2) is 5.17. The molecule has 0 aromatic heterocycles. The number of amides is 1. The number of ether oxygens (including phenoxy) is 1. The molecule has 0 aliphatic carbocycles. The first-order chi connectivity index (χ1) is 8.93. The summed E-state index contributed by atoms with van der Waals surface area (Å²) in [5.74, 6) is -0.0574. The van der Waals surface area contributed by atoms with Crippen LogP contribution in [0.15, 0.2) is 24.3 Å². The van der Waals surface area contributed by atoms with E-state index in [2.05, 4.69) is 0 Å². The molecule has 1 heterocycles. The van der Waals surface area contributed by atoms with Gasteiger partial charge >= 0.3 is 0 Å². The molecule has 1 fully saturated rings. The first-order valence-corrected chi connectivity index (χ1v) is 6.37. The van der Waals surface area contributed by atoms with Crippen molar-refractivity contribution in [3.05, 3.63) is 30.1 Å². The van der Waals surface area contributed by atoms with Crippen LogP contribution in [0.5, 0.6) is 5.75 Å². The number of aliphatic hydroxyl groups is 1. The molecule has 1 aromatic carbocycles. The van der Waals surface area contributed by atoms with E-state index in [1.165, 1.54) is 24.3 Å². The minimum atomic E-state index is -0.745. The van der Waals surface area contributed by atoms with Crippen molar-refractivity contribution in [1.29, 1.82) is 0 Å². The molecule has 1 unspecified atom stereocenters. The molecule has 1 saturated heterocycles. The number of carbonyl (C=O) groups is 1. The van der Waals surface area contributed by atoms with Crippen LogP contribution in [0.4, 0.5) is 4.39 Å². The van der Waals surface area contributed by atoms with E-state index in [4.69, 9.17) is 4.74 Å². The third-order valence-electron chi connectivity index (χ3n) is 3.41. The van der Waals surface area contributed by atoms with Crippen LogP contribution in [0, 0.1) is 5.82 Å². The van der Waals surface area contributed by atoms with Gasteiger partial charge in [0, 0.05) is 0 Å². The molecule has 4 nitrogen and oxygen atoms in total. The molecule has 1 atom stereocenters. The molecule has 5 heteroatoms. The smallest absolute Gasteiger partial charge is 0.263 e. The van der Waals surface area contributed by atoms with E-state index in [-0.39, 0.29) is 11.7 Å². The number of halogens is 1. The molecule has 1 amide bonds. The SMILES string of the molecule is CCC1(O)CN(C(=O)C(C)Oc2ccc(F)cc2)C1. The van der Waals surface area contributed by atoms with E-state index >= 15 is 0 Å². The van der Waals surface area contributed by atoms with Crippen molar-refractivity contribution in [1.82, 2.24) is 4.90 Å². The highest BCUT2D eigenvalue weighted by Gasteiger charge is 2.43. The lowest BCUT2D eigenvalue weighted by Crippen LogP contribution is -2.64. The first kappa shape index (κ1) is 13.8. The molecule has 1 aliphatic heterocycles. The second-order valence-electron chi connectivity index (χ2n) is 4.99. The molecule has 2 rings (SSSR count). The Morgan fingerprint density at radius 2 is 2.05 bits per heavy atom. The largest absolute Gasteiger partial charge is 0.481 e. The highest BCUT2D eigenvalue weighted by molar-refractivity contribution is 5.82. The molecule has 1 N–H and O–H groups in total. The van der Waals surface area contributed by atoms with Crippen LogP contribution in [0.2, 0.25) is 0 Å². The molecule has 1 aromatic rings. The van der Waals surface area contributed by atoms with Crippen molar-refractivity contribution in [2.75, 3.05) is 13.1 Å². The van der Waals surface area contributed by atoms with E-state index in [1.807, 2.05) is 6.92 Å². The van der Waals surface area contributed by atoms with Crippen molar-refractivity contribution in [2.45, 2.75) is 32.0 Å². The first-order valence-electron chi connectivity index (χ1n) is 6.37. The standard InChI is InChI=1S/C14H18FNO3/c1-3-14(18)8-16(9-14)13(17)10(2)19-12-6-4-11(15)5-7-12/h4-7,10,18H,3,8-9H2,1-2H3. The van der Waals surface area contributed by atoms with Crippen LogP contribution < -0.4 is 4.74 Å². The summed E-state index contributed by atoms with van der Waals surface area (Å²) < 4.78 is 18.2. The van der Waals surface area contributed by atoms with Gasteiger partial charge in [-0.3, -0.25) is 4.79 Å². The van der Waals surface area contributed by atoms with Gasteiger partial charge in [-0.25, -0.2) is 4.39 Å². The van der Waals surface area contributed by atoms with Crippen LogP contribution in [-0.4, -0.2) is 40.7 Å². The van der Waals surface area contributed by atoms with Gasteiger partial charge in [0.05, 0.1) is 18.7 Å². The van der Waals surface area contributed by atoms with Gasteiger partial charge in [0.1, 0.15) is 11.6 Å². The number of likely N-dealkylation sites (tertiary alicyclic amines) is 1. The zero-order valence-electron chi connectivity index (χ0n) is 11.1. The Balaban J connectivity index is 1.88. The van der Waals surface area contributed by atoms with Gasteiger partial charge in [0.15, 0.2) is 6.10 Å². The van der Waals surface area contributed by atoms with Gasteiger partial charge < -0.3 is 14.7 Å². The lowest BCUT2D eigenvalue weighted by Gasteiger charge is -2.46. The summed E-state index contributed by atoms with van der Waals surface area (Å²) in [6, 6.07) is 5.53. The Morgan fingerprint density at radius 1 is 1.47 bits per heavy atom. The average Bonchev–Trinajstić information content (AvgIpc) is 2.37. The van der Waals surface area contributed by atoms with Gasteiger partial charge in [-0.15, -0.1) is 0 Å². The summed E-state index contributed by atoms with van der Waals surface area (Å²) in [4.78, 5) is 13.6. The van der Waals surface area contributed by atoms with Crippen molar-refractivity contribution in [3.8, 4) is 5.75 Å². The van der Waals surface area contributed by atoms with E-state index in [0.29, 0.717) is 25.3 Å². The normalized spacial score (nSPS) is 18.6. The molecular formula is C14H18FNO3. The fourth-order valence-electron chi connectivity index (χ4n) is 2.07. The maximum Gasteiger partial charge on any atom is 0.263 e. The summed E-state index contributed by atoms with van der Waals surface area (Å²) >= 11 is 0. The van der Waals surface area contributed by atoms with Gasteiger partial charge in [-0.05, 0) is 37.6 Å². The van der Waals surface area contributed by atoms with E-state index in [9.17, 15) is 14.3 Å². The lowest BCUT2D eigenvalue weighted by atomic mass is 9.91. The topological polar surface area (TPSA) is 49.8 Å². The summed E-state index contributed by atoms with van der Waals surface area (Å²) in [5, 5.41) is 9.86. The molecule has 0 radical (unpaired) electrons. The number of benzene rings is 1. The maximum atomic E-state index is 12.7. The second-order valence-corrected chi connectivity index (χ2v) is 4.99. The number of carbonyl (C=O) groups excluding carboxylic acids is 1. The van der Waals surface area contributed by atoms with Crippen molar-refractivity contribution >= 4 is 5.91 Å².